The van der Waals surface area contributed by atoms with Crippen LogP contribution in [0.2, 0.25) is 5.02 Å². The molecule has 0 fully saturated rings. The molecule has 0 atom stereocenters. The molecule has 5 rings (SSSR count). The third kappa shape index (κ3) is 4.05. The zero-order valence-electron chi connectivity index (χ0n) is 18.4. The molecule has 0 bridgehead atoms. The Morgan fingerprint density at radius 1 is 1.00 bits per heavy atom. The predicted molar refractivity (Wildman–Crippen MR) is 129 cm³/mol. The molecule has 0 amide bonds. The van der Waals surface area contributed by atoms with Crippen molar-refractivity contribution in [3.05, 3.63) is 89.7 Å². The second-order valence-electron chi connectivity index (χ2n) is 7.97. The van der Waals surface area contributed by atoms with Crippen molar-refractivity contribution in [3.8, 4) is 33.5 Å². The lowest BCUT2D eigenvalue weighted by Gasteiger charge is -2.17. The number of hydrogen-bond acceptors (Lipinski definition) is 4. The number of benzene rings is 2. The van der Waals surface area contributed by atoms with Gasteiger partial charge in [0, 0.05) is 29.8 Å². The molecule has 35 heavy (non-hydrogen) atoms. The Morgan fingerprint density at radius 2 is 1.77 bits per heavy atom. The van der Waals surface area contributed by atoms with Gasteiger partial charge in [0.1, 0.15) is 0 Å². The summed E-state index contributed by atoms with van der Waals surface area (Å²) in [5.74, 6) is 0. The van der Waals surface area contributed by atoms with Crippen molar-refractivity contribution in [1.29, 1.82) is 0 Å². The highest BCUT2D eigenvalue weighted by molar-refractivity contribution is 6.38. The van der Waals surface area contributed by atoms with Crippen LogP contribution in [0.1, 0.15) is 11.4 Å². The number of imidazole rings is 1. The largest absolute Gasteiger partial charge is 0.434 e. The van der Waals surface area contributed by atoms with Crippen LogP contribution in [0.5, 0.6) is 0 Å². The molecule has 9 heteroatoms. The Bertz CT molecular complexity index is 1550. The minimum Gasteiger partial charge on any atom is -0.390 e. The minimum atomic E-state index is -4.69. The second kappa shape index (κ2) is 8.79. The average Bonchev–Trinajstić information content (AvgIpc) is 3.28. The number of aliphatic hydroxyl groups excluding tert-OH is 1. The summed E-state index contributed by atoms with van der Waals surface area (Å²) in [5, 5.41) is 10.3. The van der Waals surface area contributed by atoms with E-state index < -0.39 is 11.9 Å². The summed E-state index contributed by atoms with van der Waals surface area (Å²) in [6.07, 6.45) is 0.195. The van der Waals surface area contributed by atoms with Gasteiger partial charge >= 0.3 is 6.18 Å². The number of nitrogens with zero attached hydrogens (tertiary/aromatic N) is 4. The molecule has 0 saturated carbocycles. The quantitative estimate of drug-likeness (QED) is 0.308. The molecule has 1 N–H and O–H groups in total. The van der Waals surface area contributed by atoms with Gasteiger partial charge in [-0.05, 0) is 34.9 Å². The molecule has 3 aromatic heterocycles. The van der Waals surface area contributed by atoms with Gasteiger partial charge in [0.15, 0.2) is 5.69 Å². The smallest absolute Gasteiger partial charge is 0.390 e. The number of pyridine rings is 2. The van der Waals surface area contributed by atoms with Crippen LogP contribution < -0.4 is 0 Å². The molecule has 0 unspecified atom stereocenters. The molecule has 0 aliphatic carbocycles. The van der Waals surface area contributed by atoms with E-state index in [2.05, 4.69) is 15.0 Å². The van der Waals surface area contributed by atoms with Crippen LogP contribution in [-0.4, -0.2) is 24.6 Å². The molecular weight excluding hydrogens is 477 g/mol. The van der Waals surface area contributed by atoms with E-state index in [-0.39, 0.29) is 22.7 Å². The minimum absolute atomic E-state index is 0.0334. The van der Waals surface area contributed by atoms with Gasteiger partial charge in [-0.3, -0.25) is 4.98 Å². The Balaban J connectivity index is 1.80. The van der Waals surface area contributed by atoms with E-state index in [1.54, 1.807) is 71.8 Å². The fourth-order valence-corrected chi connectivity index (χ4v) is 4.56. The van der Waals surface area contributed by atoms with Crippen molar-refractivity contribution in [2.75, 3.05) is 0 Å². The number of rotatable bonds is 4. The SMILES string of the molecule is Cn1cncc1-c1c(-c2ccc3nc(C(F)(F)F)c(-c4ccccc4)c(Cl)c3c2)ccnc1CO. The third-order valence-electron chi connectivity index (χ3n) is 5.82. The Hall–Kier alpha value is -3.75. The predicted octanol–water partition coefficient (Wildman–Crippen LogP) is 6.53. The highest BCUT2D eigenvalue weighted by Crippen LogP contribution is 2.44. The van der Waals surface area contributed by atoms with Crippen LogP contribution in [0.25, 0.3) is 44.4 Å². The van der Waals surface area contributed by atoms with Gasteiger partial charge < -0.3 is 9.67 Å². The number of halogens is 4. The van der Waals surface area contributed by atoms with E-state index in [1.165, 1.54) is 6.07 Å². The Kier molecular flexibility index (Phi) is 5.78. The maximum atomic E-state index is 14.0. The Morgan fingerprint density at radius 3 is 2.43 bits per heavy atom. The highest BCUT2D eigenvalue weighted by atomic mass is 35.5. The lowest BCUT2D eigenvalue weighted by molar-refractivity contribution is -0.140. The van der Waals surface area contributed by atoms with Crippen LogP contribution in [0.4, 0.5) is 13.2 Å². The van der Waals surface area contributed by atoms with Crippen molar-refractivity contribution < 1.29 is 18.3 Å². The molecule has 3 heterocycles. The zero-order valence-corrected chi connectivity index (χ0v) is 19.1. The standard InChI is InChI=1S/C26H18ClF3N4O/c1-34-14-31-12-21(34)23-17(9-10-32-20(23)13-35)16-7-8-19-18(11-16)24(27)22(15-5-3-2-4-6-15)25(33-19)26(28,29)30/h2-12,14,35H,13H2,1H3. The average molecular weight is 495 g/mol. The lowest BCUT2D eigenvalue weighted by atomic mass is 9.94. The number of aliphatic hydroxyl groups is 1. The molecule has 5 nitrogen and oxygen atoms in total. The fraction of sp³-hybridized carbons (Fsp3) is 0.115. The van der Waals surface area contributed by atoms with E-state index >= 15 is 0 Å². The van der Waals surface area contributed by atoms with Crippen molar-refractivity contribution in [1.82, 2.24) is 19.5 Å². The topological polar surface area (TPSA) is 63.8 Å². The summed E-state index contributed by atoms with van der Waals surface area (Å²) in [6.45, 7) is -0.294. The first-order valence-electron chi connectivity index (χ1n) is 10.6. The van der Waals surface area contributed by atoms with Crippen LogP contribution in [0.3, 0.4) is 0 Å². The van der Waals surface area contributed by atoms with E-state index in [0.717, 1.165) is 11.3 Å². The maximum Gasteiger partial charge on any atom is 0.434 e. The van der Waals surface area contributed by atoms with Gasteiger partial charge in [-0.25, -0.2) is 9.97 Å². The van der Waals surface area contributed by atoms with Gasteiger partial charge in [0.2, 0.25) is 0 Å². The van der Waals surface area contributed by atoms with Gasteiger partial charge in [-0.2, -0.15) is 13.2 Å². The molecule has 5 aromatic rings. The molecule has 176 valence electrons. The third-order valence-corrected chi connectivity index (χ3v) is 6.21. The first-order chi connectivity index (χ1) is 16.8. The summed E-state index contributed by atoms with van der Waals surface area (Å²) in [5.41, 5.74) is 2.54. The molecule has 0 spiro atoms. The van der Waals surface area contributed by atoms with Crippen molar-refractivity contribution in [3.63, 3.8) is 0 Å². The van der Waals surface area contributed by atoms with E-state index in [1.807, 2.05) is 7.05 Å². The monoisotopic (exact) mass is 494 g/mol. The first-order valence-corrected chi connectivity index (χ1v) is 11.0. The van der Waals surface area contributed by atoms with E-state index in [0.29, 0.717) is 27.8 Å². The molecule has 0 aliphatic rings. The summed E-state index contributed by atoms with van der Waals surface area (Å²) < 4.78 is 43.7. The van der Waals surface area contributed by atoms with E-state index in [4.69, 9.17) is 11.6 Å². The number of fused-ring (bicyclic) bond motifs is 1. The zero-order chi connectivity index (χ0) is 24.7. The van der Waals surface area contributed by atoms with Gasteiger partial charge in [0.25, 0.3) is 0 Å². The molecule has 0 radical (unpaired) electrons. The maximum absolute atomic E-state index is 14.0. The number of aromatic nitrogens is 4. The second-order valence-corrected chi connectivity index (χ2v) is 8.35. The van der Waals surface area contributed by atoms with Gasteiger partial charge in [-0.1, -0.05) is 48.0 Å². The molecule has 2 aromatic carbocycles. The number of hydrogen-bond donors (Lipinski definition) is 1. The fourth-order valence-electron chi connectivity index (χ4n) is 4.21. The summed E-state index contributed by atoms with van der Waals surface area (Å²) >= 11 is 6.66. The van der Waals surface area contributed by atoms with E-state index in [9.17, 15) is 18.3 Å². The van der Waals surface area contributed by atoms with Crippen molar-refractivity contribution >= 4 is 22.5 Å². The van der Waals surface area contributed by atoms with Crippen LogP contribution in [-0.2, 0) is 19.8 Å². The van der Waals surface area contributed by atoms with Crippen molar-refractivity contribution in [2.45, 2.75) is 12.8 Å². The van der Waals surface area contributed by atoms with Crippen LogP contribution in [0, 0.1) is 0 Å². The molecule has 0 aliphatic heterocycles. The summed E-state index contributed by atoms with van der Waals surface area (Å²) in [6, 6.07) is 14.9. The first kappa shape index (κ1) is 23.0. The number of aryl methyl sites for hydroxylation is 1. The van der Waals surface area contributed by atoms with Gasteiger partial charge in [0.05, 0.1) is 41.1 Å². The summed E-state index contributed by atoms with van der Waals surface area (Å²) in [4.78, 5) is 12.4. The highest BCUT2D eigenvalue weighted by Gasteiger charge is 2.37. The van der Waals surface area contributed by atoms with Gasteiger partial charge in [-0.15, -0.1) is 0 Å². The summed E-state index contributed by atoms with van der Waals surface area (Å²) in [7, 11) is 1.83. The molecular formula is C26H18ClF3N4O. The molecule has 0 saturated heterocycles. The van der Waals surface area contributed by atoms with Crippen LogP contribution >= 0.6 is 11.6 Å². The Labute approximate surface area is 203 Å². The van der Waals surface area contributed by atoms with Crippen molar-refractivity contribution in [2.24, 2.45) is 7.05 Å². The lowest BCUT2D eigenvalue weighted by Crippen LogP contribution is -2.11. The van der Waals surface area contributed by atoms with Crippen LogP contribution in [0.15, 0.2) is 73.3 Å². The number of alkyl halides is 3. The normalized spacial score (nSPS) is 11.8.